The molecule has 3 nitrogen and oxygen atoms in total. The number of aromatic nitrogens is 2. The van der Waals surface area contributed by atoms with Crippen LogP contribution in [0.1, 0.15) is 24.1 Å². The molecule has 0 aromatic carbocycles. The summed E-state index contributed by atoms with van der Waals surface area (Å²) in [6.07, 6.45) is 4.98. The molecule has 1 aliphatic carbocycles. The van der Waals surface area contributed by atoms with Crippen LogP contribution in [-0.4, -0.2) is 9.97 Å². The minimum absolute atomic E-state index is 0.637. The van der Waals surface area contributed by atoms with E-state index < -0.39 is 0 Å². The lowest BCUT2D eigenvalue weighted by Gasteiger charge is -2.08. The average Bonchev–Trinajstić information content (AvgIpc) is 2.82. The number of thiazole rings is 1. The minimum Gasteiger partial charge on any atom is -0.375 e. The van der Waals surface area contributed by atoms with Gasteiger partial charge in [-0.3, -0.25) is 0 Å². The van der Waals surface area contributed by atoms with Crippen molar-refractivity contribution in [2.75, 3.05) is 5.73 Å². The van der Waals surface area contributed by atoms with Crippen LogP contribution in [-0.2, 0) is 12.8 Å². The first kappa shape index (κ1) is 8.97. The molecular weight excluding hydrogens is 206 g/mol. The maximum absolute atomic E-state index is 5.63. The molecule has 2 aromatic heterocycles. The lowest BCUT2D eigenvalue weighted by molar-refractivity contribution is 0.677. The average molecular weight is 219 g/mol. The van der Waals surface area contributed by atoms with Crippen molar-refractivity contribution in [3.63, 3.8) is 0 Å². The zero-order chi connectivity index (χ0) is 10.3. The quantitative estimate of drug-likeness (QED) is 0.774. The Labute approximate surface area is 92.4 Å². The van der Waals surface area contributed by atoms with Gasteiger partial charge in [0.15, 0.2) is 5.13 Å². The molecule has 0 unspecified atom stereocenters. The molecule has 0 amide bonds. The number of rotatable bonds is 1. The number of aromatic amines is 1. The number of nitrogen functional groups attached to an aromatic ring is 1. The fourth-order valence-electron chi connectivity index (χ4n) is 2.15. The van der Waals surface area contributed by atoms with Crippen LogP contribution >= 0.6 is 11.3 Å². The Kier molecular flexibility index (Phi) is 2.02. The fraction of sp³-hybridized carbons (Fsp3) is 0.364. The van der Waals surface area contributed by atoms with Crippen molar-refractivity contribution in [3.05, 3.63) is 22.7 Å². The highest BCUT2D eigenvalue weighted by atomic mass is 32.1. The number of aryl methyl sites for hydroxylation is 2. The fourth-order valence-corrected chi connectivity index (χ4v) is 2.72. The van der Waals surface area contributed by atoms with Crippen LogP contribution < -0.4 is 5.73 Å². The zero-order valence-corrected chi connectivity index (χ0v) is 9.23. The first-order valence-corrected chi connectivity index (χ1v) is 6.13. The Morgan fingerprint density at radius 1 is 1.33 bits per heavy atom. The van der Waals surface area contributed by atoms with Gasteiger partial charge in [-0.2, -0.15) is 0 Å². The van der Waals surface area contributed by atoms with Crippen LogP contribution in [0.5, 0.6) is 0 Å². The van der Waals surface area contributed by atoms with E-state index in [0.29, 0.717) is 5.13 Å². The van der Waals surface area contributed by atoms with Gasteiger partial charge in [-0.05, 0) is 37.3 Å². The van der Waals surface area contributed by atoms with E-state index >= 15 is 0 Å². The molecule has 0 radical (unpaired) electrons. The van der Waals surface area contributed by atoms with E-state index in [1.54, 1.807) is 0 Å². The molecule has 78 valence electrons. The van der Waals surface area contributed by atoms with Gasteiger partial charge in [0.2, 0.25) is 0 Å². The largest absolute Gasteiger partial charge is 0.375 e. The first-order valence-electron chi connectivity index (χ1n) is 5.25. The van der Waals surface area contributed by atoms with E-state index in [4.69, 9.17) is 5.73 Å². The molecule has 0 fully saturated rings. The predicted octanol–water partition coefficient (Wildman–Crippen LogP) is 2.60. The minimum atomic E-state index is 0.637. The Hall–Kier alpha value is -1.29. The van der Waals surface area contributed by atoms with Crippen molar-refractivity contribution in [1.82, 2.24) is 9.97 Å². The molecule has 2 heterocycles. The van der Waals surface area contributed by atoms with Gasteiger partial charge in [0.1, 0.15) is 0 Å². The Bertz CT molecular complexity index is 460. The highest BCUT2D eigenvalue weighted by molar-refractivity contribution is 7.13. The molecule has 0 aliphatic heterocycles. The molecule has 3 rings (SSSR count). The summed E-state index contributed by atoms with van der Waals surface area (Å²) in [4.78, 5) is 7.74. The summed E-state index contributed by atoms with van der Waals surface area (Å²) >= 11 is 1.49. The molecule has 0 saturated carbocycles. The van der Waals surface area contributed by atoms with Crippen LogP contribution in [0.15, 0.2) is 11.4 Å². The van der Waals surface area contributed by atoms with Gasteiger partial charge in [0.05, 0.1) is 11.4 Å². The summed E-state index contributed by atoms with van der Waals surface area (Å²) in [5, 5.41) is 2.64. The molecule has 0 saturated heterocycles. The molecule has 0 bridgehead atoms. The number of fused-ring (bicyclic) bond motifs is 1. The van der Waals surface area contributed by atoms with Crippen molar-refractivity contribution in [3.8, 4) is 11.4 Å². The lowest BCUT2D eigenvalue weighted by atomic mass is 9.98. The SMILES string of the molecule is Nc1nc(-c2cc3c([nH]2)CCCC3)cs1. The van der Waals surface area contributed by atoms with Crippen molar-refractivity contribution in [2.24, 2.45) is 0 Å². The second kappa shape index (κ2) is 3.38. The van der Waals surface area contributed by atoms with E-state index in [9.17, 15) is 0 Å². The monoisotopic (exact) mass is 219 g/mol. The third-order valence-electron chi connectivity index (χ3n) is 2.91. The summed E-state index contributed by atoms with van der Waals surface area (Å²) in [5.74, 6) is 0. The lowest BCUT2D eigenvalue weighted by Crippen LogP contribution is -1.99. The number of hydrogen-bond acceptors (Lipinski definition) is 3. The van der Waals surface area contributed by atoms with Crippen LogP contribution in [0.2, 0.25) is 0 Å². The summed E-state index contributed by atoms with van der Waals surface area (Å²) in [7, 11) is 0. The Balaban J connectivity index is 2.02. The summed E-state index contributed by atoms with van der Waals surface area (Å²) in [6.45, 7) is 0. The second-order valence-corrected chi connectivity index (χ2v) is 4.85. The topological polar surface area (TPSA) is 54.7 Å². The normalized spacial score (nSPS) is 15.2. The molecular formula is C11H13N3S. The Morgan fingerprint density at radius 2 is 2.20 bits per heavy atom. The molecule has 4 heteroatoms. The van der Waals surface area contributed by atoms with Crippen molar-refractivity contribution in [2.45, 2.75) is 25.7 Å². The molecule has 15 heavy (non-hydrogen) atoms. The van der Waals surface area contributed by atoms with Crippen LogP contribution in [0, 0.1) is 0 Å². The molecule has 0 atom stereocenters. The van der Waals surface area contributed by atoms with E-state index in [1.807, 2.05) is 5.38 Å². The van der Waals surface area contributed by atoms with Gasteiger partial charge >= 0.3 is 0 Å². The predicted molar refractivity (Wildman–Crippen MR) is 63.0 cm³/mol. The van der Waals surface area contributed by atoms with Gasteiger partial charge < -0.3 is 10.7 Å². The van der Waals surface area contributed by atoms with Gasteiger partial charge in [-0.1, -0.05) is 0 Å². The molecule has 2 aromatic rings. The van der Waals surface area contributed by atoms with Crippen molar-refractivity contribution < 1.29 is 0 Å². The number of nitrogens with two attached hydrogens (primary N) is 1. The third-order valence-corrected chi connectivity index (χ3v) is 3.59. The maximum Gasteiger partial charge on any atom is 0.180 e. The van der Waals surface area contributed by atoms with Crippen LogP contribution in [0.4, 0.5) is 5.13 Å². The summed E-state index contributed by atoms with van der Waals surface area (Å²) in [5.41, 5.74) is 10.6. The summed E-state index contributed by atoms with van der Waals surface area (Å²) < 4.78 is 0. The first-order chi connectivity index (χ1) is 7.33. The van der Waals surface area contributed by atoms with Crippen LogP contribution in [0.3, 0.4) is 0 Å². The molecule has 3 N–H and O–H groups in total. The number of nitrogens with one attached hydrogen (secondary N) is 1. The van der Waals surface area contributed by atoms with Gasteiger partial charge in [0.25, 0.3) is 0 Å². The van der Waals surface area contributed by atoms with Crippen molar-refractivity contribution in [1.29, 1.82) is 0 Å². The Morgan fingerprint density at radius 3 is 2.93 bits per heavy atom. The highest BCUT2D eigenvalue weighted by Crippen LogP contribution is 2.28. The maximum atomic E-state index is 5.63. The van der Waals surface area contributed by atoms with E-state index in [1.165, 1.54) is 48.3 Å². The van der Waals surface area contributed by atoms with E-state index in [2.05, 4.69) is 16.0 Å². The van der Waals surface area contributed by atoms with Crippen molar-refractivity contribution >= 4 is 16.5 Å². The number of hydrogen-bond donors (Lipinski definition) is 2. The zero-order valence-electron chi connectivity index (χ0n) is 8.42. The number of nitrogens with zero attached hydrogens (tertiary/aromatic N) is 1. The standard InChI is InChI=1S/C11H13N3S/c12-11-14-10(6-15-11)9-5-7-3-1-2-4-8(7)13-9/h5-6,13H,1-4H2,(H2,12,14). The molecule has 1 aliphatic rings. The van der Waals surface area contributed by atoms with Gasteiger partial charge in [0, 0.05) is 11.1 Å². The van der Waals surface area contributed by atoms with Gasteiger partial charge in [-0.15, -0.1) is 11.3 Å². The number of H-pyrrole nitrogens is 1. The molecule has 0 spiro atoms. The van der Waals surface area contributed by atoms with Gasteiger partial charge in [-0.25, -0.2) is 4.98 Å². The van der Waals surface area contributed by atoms with Crippen LogP contribution in [0.25, 0.3) is 11.4 Å². The highest BCUT2D eigenvalue weighted by Gasteiger charge is 2.14. The smallest absolute Gasteiger partial charge is 0.180 e. The van der Waals surface area contributed by atoms with E-state index in [-0.39, 0.29) is 0 Å². The third kappa shape index (κ3) is 1.55. The summed E-state index contributed by atoms with van der Waals surface area (Å²) in [6, 6.07) is 2.23. The second-order valence-electron chi connectivity index (χ2n) is 3.96. The number of anilines is 1. The van der Waals surface area contributed by atoms with E-state index in [0.717, 1.165) is 11.4 Å².